The van der Waals surface area contributed by atoms with Crippen molar-refractivity contribution in [1.29, 1.82) is 0 Å². The van der Waals surface area contributed by atoms with E-state index in [2.05, 4.69) is 35.0 Å². The number of amides is 3. The third kappa shape index (κ3) is 9.16. The third-order valence-electron chi connectivity index (χ3n) is 5.68. The lowest BCUT2D eigenvalue weighted by Crippen LogP contribution is -2.37. The molecule has 0 atom stereocenters. The molecule has 0 spiro atoms. The van der Waals surface area contributed by atoms with Gasteiger partial charge in [-0.05, 0) is 72.0 Å². The lowest BCUT2D eigenvalue weighted by Gasteiger charge is -2.12. The first-order chi connectivity index (χ1) is 19.3. The van der Waals surface area contributed by atoms with Gasteiger partial charge in [-0.3, -0.25) is 14.4 Å². The average Bonchev–Trinajstić information content (AvgIpc) is 2.96. The summed E-state index contributed by atoms with van der Waals surface area (Å²) >= 11 is 0. The van der Waals surface area contributed by atoms with Crippen molar-refractivity contribution in [2.75, 3.05) is 25.6 Å². The number of anilines is 1. The van der Waals surface area contributed by atoms with Crippen LogP contribution < -0.4 is 30.3 Å². The molecule has 3 aromatic carbocycles. The number of nitrogens with zero attached hydrogens (tertiary/aromatic N) is 1. The van der Waals surface area contributed by atoms with Crippen LogP contribution in [0.1, 0.15) is 43.4 Å². The zero-order valence-electron chi connectivity index (χ0n) is 23.0. The SMILES string of the molecule is CCOc1ccc(NC(=O)COc2ccc(/C=N\NC(=O)C(=O)NCc3ccc(C(C)C)cc3)cc2OC)cc1. The number of hydrogen-bond donors (Lipinski definition) is 3. The van der Waals surface area contributed by atoms with Gasteiger partial charge in [0.05, 0.1) is 19.9 Å². The molecule has 3 amide bonds. The van der Waals surface area contributed by atoms with E-state index in [9.17, 15) is 14.4 Å². The lowest BCUT2D eigenvalue weighted by atomic mass is 10.0. The summed E-state index contributed by atoms with van der Waals surface area (Å²) in [6, 6.07) is 19.8. The van der Waals surface area contributed by atoms with Crippen LogP contribution in [-0.4, -0.2) is 44.3 Å². The second-order valence-electron chi connectivity index (χ2n) is 8.98. The Bertz CT molecular complexity index is 1320. The van der Waals surface area contributed by atoms with E-state index >= 15 is 0 Å². The maximum absolute atomic E-state index is 12.3. The van der Waals surface area contributed by atoms with Crippen molar-refractivity contribution in [3.63, 3.8) is 0 Å². The molecule has 210 valence electrons. The third-order valence-corrected chi connectivity index (χ3v) is 5.68. The molecular formula is C30H34N4O6. The van der Waals surface area contributed by atoms with E-state index in [1.54, 1.807) is 42.5 Å². The maximum atomic E-state index is 12.3. The summed E-state index contributed by atoms with van der Waals surface area (Å²) in [6.07, 6.45) is 1.36. The Morgan fingerprint density at radius 1 is 0.900 bits per heavy atom. The van der Waals surface area contributed by atoms with Gasteiger partial charge in [-0.15, -0.1) is 0 Å². The van der Waals surface area contributed by atoms with Crippen molar-refractivity contribution in [1.82, 2.24) is 10.7 Å². The molecule has 0 heterocycles. The van der Waals surface area contributed by atoms with Crippen molar-refractivity contribution in [2.45, 2.75) is 33.2 Å². The smallest absolute Gasteiger partial charge is 0.329 e. The van der Waals surface area contributed by atoms with Gasteiger partial charge >= 0.3 is 11.8 Å². The Morgan fingerprint density at radius 2 is 1.62 bits per heavy atom. The van der Waals surface area contributed by atoms with E-state index in [-0.39, 0.29) is 19.1 Å². The summed E-state index contributed by atoms with van der Waals surface area (Å²) in [7, 11) is 1.46. The predicted molar refractivity (Wildman–Crippen MR) is 153 cm³/mol. The van der Waals surface area contributed by atoms with E-state index < -0.39 is 11.8 Å². The van der Waals surface area contributed by atoms with Crippen LogP contribution in [0.5, 0.6) is 17.2 Å². The Hall–Kier alpha value is -4.86. The van der Waals surface area contributed by atoms with Gasteiger partial charge < -0.3 is 24.8 Å². The Labute approximate surface area is 233 Å². The molecule has 0 aliphatic heterocycles. The molecule has 3 rings (SSSR count). The normalized spacial score (nSPS) is 10.7. The van der Waals surface area contributed by atoms with Crippen LogP contribution in [0.3, 0.4) is 0 Å². The van der Waals surface area contributed by atoms with E-state index in [1.807, 2.05) is 31.2 Å². The standard InChI is InChI=1S/C30H34N4O6/c1-5-39-25-13-11-24(12-14-25)33-28(35)19-40-26-15-8-22(16-27(26)38-4)18-32-34-30(37)29(36)31-17-21-6-9-23(10-7-21)20(2)3/h6-16,18,20H,5,17,19H2,1-4H3,(H,31,36)(H,33,35)(H,34,37)/b32-18-. The molecule has 0 saturated heterocycles. The molecule has 3 N–H and O–H groups in total. The fraction of sp³-hybridized carbons (Fsp3) is 0.267. The van der Waals surface area contributed by atoms with Crippen molar-refractivity contribution in [3.8, 4) is 17.2 Å². The zero-order valence-corrected chi connectivity index (χ0v) is 23.0. The van der Waals surface area contributed by atoms with E-state index in [4.69, 9.17) is 14.2 Å². The summed E-state index contributed by atoms with van der Waals surface area (Å²) in [6.45, 7) is 6.66. The molecule has 40 heavy (non-hydrogen) atoms. The molecule has 0 aromatic heterocycles. The van der Waals surface area contributed by atoms with Gasteiger partial charge in [0.1, 0.15) is 5.75 Å². The summed E-state index contributed by atoms with van der Waals surface area (Å²) in [4.78, 5) is 36.5. The molecule has 3 aromatic rings. The second kappa shape index (κ2) is 14.9. The highest BCUT2D eigenvalue weighted by molar-refractivity contribution is 6.35. The summed E-state index contributed by atoms with van der Waals surface area (Å²) in [5.41, 5.74) is 5.48. The molecule has 0 aliphatic carbocycles. The van der Waals surface area contributed by atoms with Gasteiger partial charge in [-0.1, -0.05) is 38.1 Å². The molecular weight excluding hydrogens is 512 g/mol. The number of nitrogens with one attached hydrogen (secondary N) is 3. The van der Waals surface area contributed by atoms with Crippen LogP contribution in [0.4, 0.5) is 5.69 Å². The predicted octanol–water partition coefficient (Wildman–Crippen LogP) is 4.00. The van der Waals surface area contributed by atoms with Crippen molar-refractivity contribution in [2.24, 2.45) is 5.10 Å². The maximum Gasteiger partial charge on any atom is 0.329 e. The summed E-state index contributed by atoms with van der Waals surface area (Å²) in [5, 5.41) is 9.15. The lowest BCUT2D eigenvalue weighted by molar-refractivity contribution is -0.139. The zero-order chi connectivity index (χ0) is 28.9. The van der Waals surface area contributed by atoms with E-state index in [0.29, 0.717) is 35.3 Å². The minimum Gasteiger partial charge on any atom is -0.494 e. The molecule has 0 unspecified atom stereocenters. The highest BCUT2D eigenvalue weighted by Gasteiger charge is 2.13. The van der Waals surface area contributed by atoms with Crippen LogP contribution in [0.2, 0.25) is 0 Å². The Morgan fingerprint density at radius 3 is 2.27 bits per heavy atom. The topological polar surface area (TPSA) is 127 Å². The number of ether oxygens (including phenoxy) is 3. The first kappa shape index (κ1) is 29.7. The highest BCUT2D eigenvalue weighted by Crippen LogP contribution is 2.27. The molecule has 0 bridgehead atoms. The van der Waals surface area contributed by atoms with Crippen molar-refractivity contribution in [3.05, 3.63) is 83.4 Å². The van der Waals surface area contributed by atoms with Gasteiger partial charge in [-0.2, -0.15) is 5.10 Å². The fourth-order valence-corrected chi connectivity index (χ4v) is 3.52. The number of carbonyl (C=O) groups excluding carboxylic acids is 3. The Balaban J connectivity index is 1.46. The fourth-order valence-electron chi connectivity index (χ4n) is 3.52. The van der Waals surface area contributed by atoms with Crippen molar-refractivity contribution >= 4 is 29.6 Å². The van der Waals surface area contributed by atoms with E-state index in [1.165, 1.54) is 18.9 Å². The molecule has 0 radical (unpaired) electrons. The van der Waals surface area contributed by atoms with Gasteiger partial charge in [0.2, 0.25) is 0 Å². The van der Waals surface area contributed by atoms with Crippen molar-refractivity contribution < 1.29 is 28.6 Å². The minimum atomic E-state index is -0.888. The van der Waals surface area contributed by atoms with Crippen LogP contribution >= 0.6 is 0 Å². The van der Waals surface area contributed by atoms with E-state index in [0.717, 1.165) is 11.3 Å². The highest BCUT2D eigenvalue weighted by atomic mass is 16.5. The van der Waals surface area contributed by atoms with Gasteiger partial charge in [0, 0.05) is 12.2 Å². The number of hydrazone groups is 1. The molecule has 0 saturated carbocycles. The molecule has 10 nitrogen and oxygen atoms in total. The summed E-state index contributed by atoms with van der Waals surface area (Å²) in [5.74, 6) is -0.174. The van der Waals surface area contributed by atoms with Gasteiger partial charge in [0.15, 0.2) is 18.1 Å². The minimum absolute atomic E-state index is 0.227. The summed E-state index contributed by atoms with van der Waals surface area (Å²) < 4.78 is 16.3. The second-order valence-corrected chi connectivity index (χ2v) is 8.98. The number of benzene rings is 3. The average molecular weight is 547 g/mol. The van der Waals surface area contributed by atoms with Crippen LogP contribution in [0.25, 0.3) is 0 Å². The first-order valence-electron chi connectivity index (χ1n) is 12.8. The Kier molecular flexibility index (Phi) is 11.1. The number of methoxy groups -OCH3 is 1. The van der Waals surface area contributed by atoms with Gasteiger partial charge in [0.25, 0.3) is 5.91 Å². The number of hydrogen-bond acceptors (Lipinski definition) is 7. The molecule has 0 aliphatic rings. The van der Waals surface area contributed by atoms with Crippen LogP contribution in [0.15, 0.2) is 71.8 Å². The van der Waals surface area contributed by atoms with Gasteiger partial charge in [-0.25, -0.2) is 5.43 Å². The molecule has 10 heteroatoms. The largest absolute Gasteiger partial charge is 0.494 e. The van der Waals surface area contributed by atoms with Crippen LogP contribution in [0, 0.1) is 0 Å². The number of carbonyl (C=O) groups is 3. The quantitative estimate of drug-likeness (QED) is 0.179. The molecule has 0 fully saturated rings. The number of rotatable bonds is 12. The van der Waals surface area contributed by atoms with Crippen LogP contribution in [-0.2, 0) is 20.9 Å². The first-order valence-corrected chi connectivity index (χ1v) is 12.8. The monoisotopic (exact) mass is 546 g/mol.